The molecular formula is C19H17N5OS. The first-order valence-electron chi connectivity index (χ1n) is 8.34. The zero-order valence-corrected chi connectivity index (χ0v) is 14.8. The number of benzene rings is 1. The van der Waals surface area contributed by atoms with E-state index in [0.717, 1.165) is 26.6 Å². The summed E-state index contributed by atoms with van der Waals surface area (Å²) in [4.78, 5) is 21.2. The summed E-state index contributed by atoms with van der Waals surface area (Å²) in [5.74, 6) is 0.725. The molecule has 130 valence electrons. The molecule has 4 aromatic rings. The summed E-state index contributed by atoms with van der Waals surface area (Å²) in [6.07, 6.45) is 6.31. The Balaban J connectivity index is 1.36. The first-order chi connectivity index (χ1) is 12.8. The molecule has 1 amide bonds. The van der Waals surface area contributed by atoms with Crippen LogP contribution in [0, 0.1) is 0 Å². The van der Waals surface area contributed by atoms with Gasteiger partial charge in [0.2, 0.25) is 5.91 Å². The van der Waals surface area contributed by atoms with Crippen molar-refractivity contribution >= 4 is 27.5 Å². The van der Waals surface area contributed by atoms with E-state index < -0.39 is 0 Å². The summed E-state index contributed by atoms with van der Waals surface area (Å²) in [5.41, 5.74) is 1.91. The van der Waals surface area contributed by atoms with Gasteiger partial charge in [0.05, 0.1) is 15.2 Å². The Morgan fingerprint density at radius 3 is 2.88 bits per heavy atom. The van der Waals surface area contributed by atoms with E-state index in [0.29, 0.717) is 19.4 Å². The number of aromatic nitrogens is 4. The van der Waals surface area contributed by atoms with Gasteiger partial charge in [0.1, 0.15) is 0 Å². The Morgan fingerprint density at radius 2 is 2.04 bits per heavy atom. The van der Waals surface area contributed by atoms with Crippen LogP contribution in [0.1, 0.15) is 17.0 Å². The van der Waals surface area contributed by atoms with Crippen molar-refractivity contribution in [2.75, 3.05) is 0 Å². The molecule has 7 heteroatoms. The van der Waals surface area contributed by atoms with Gasteiger partial charge in [0, 0.05) is 43.5 Å². The second kappa shape index (κ2) is 7.45. The molecule has 0 atom stereocenters. The topological polar surface area (TPSA) is 72.7 Å². The minimum atomic E-state index is -0.000440. The molecule has 0 unspecified atom stereocenters. The first kappa shape index (κ1) is 16.4. The van der Waals surface area contributed by atoms with Gasteiger partial charge in [0.15, 0.2) is 5.82 Å². The summed E-state index contributed by atoms with van der Waals surface area (Å²) in [6, 6.07) is 13.7. The lowest BCUT2D eigenvalue weighted by Gasteiger charge is -2.09. The molecule has 0 spiro atoms. The van der Waals surface area contributed by atoms with Gasteiger partial charge >= 0.3 is 0 Å². The van der Waals surface area contributed by atoms with Gasteiger partial charge in [-0.2, -0.15) is 5.10 Å². The predicted octanol–water partition coefficient (Wildman–Crippen LogP) is 3.13. The number of thiazole rings is 1. The molecule has 0 saturated heterocycles. The molecule has 0 aliphatic rings. The maximum absolute atomic E-state index is 12.2. The van der Waals surface area contributed by atoms with Crippen LogP contribution >= 0.6 is 11.3 Å². The lowest BCUT2D eigenvalue weighted by Crippen LogP contribution is -2.24. The van der Waals surface area contributed by atoms with Crippen LogP contribution < -0.4 is 5.32 Å². The van der Waals surface area contributed by atoms with Gasteiger partial charge in [0.25, 0.3) is 0 Å². The van der Waals surface area contributed by atoms with E-state index >= 15 is 0 Å². The molecule has 0 aliphatic carbocycles. The van der Waals surface area contributed by atoms with E-state index in [9.17, 15) is 4.79 Å². The lowest BCUT2D eigenvalue weighted by molar-refractivity contribution is -0.121. The van der Waals surface area contributed by atoms with Crippen molar-refractivity contribution in [2.45, 2.75) is 19.4 Å². The van der Waals surface area contributed by atoms with Gasteiger partial charge in [-0.05, 0) is 24.3 Å². The number of pyridine rings is 1. The molecule has 3 aromatic heterocycles. The average molecular weight is 363 g/mol. The SMILES string of the molecule is O=C(CCc1nc2ccccc2s1)NCc1cccnc1-n1cccn1. The molecule has 0 fully saturated rings. The van der Waals surface area contributed by atoms with Crippen LogP contribution in [0.2, 0.25) is 0 Å². The second-order valence-electron chi connectivity index (χ2n) is 5.79. The molecule has 0 saturated carbocycles. The fourth-order valence-corrected chi connectivity index (χ4v) is 3.66. The van der Waals surface area contributed by atoms with Crippen LogP contribution in [0.4, 0.5) is 0 Å². The molecule has 0 aliphatic heterocycles. The quantitative estimate of drug-likeness (QED) is 0.571. The summed E-state index contributed by atoms with van der Waals surface area (Å²) >= 11 is 1.64. The molecule has 6 nitrogen and oxygen atoms in total. The molecule has 1 aromatic carbocycles. The minimum absolute atomic E-state index is 0.000440. The maximum Gasteiger partial charge on any atom is 0.220 e. The number of aryl methyl sites for hydroxylation is 1. The summed E-state index contributed by atoms with van der Waals surface area (Å²) < 4.78 is 2.85. The van der Waals surface area contributed by atoms with E-state index in [2.05, 4.69) is 26.4 Å². The number of carbonyl (C=O) groups excluding carboxylic acids is 1. The number of rotatable bonds is 6. The highest BCUT2D eigenvalue weighted by molar-refractivity contribution is 7.18. The molecule has 4 rings (SSSR count). The van der Waals surface area contributed by atoms with E-state index in [1.54, 1.807) is 28.4 Å². The van der Waals surface area contributed by atoms with Crippen molar-refractivity contribution in [3.8, 4) is 5.82 Å². The zero-order valence-electron chi connectivity index (χ0n) is 14.0. The molecular weight excluding hydrogens is 346 g/mol. The number of hydrogen-bond donors (Lipinski definition) is 1. The van der Waals surface area contributed by atoms with Crippen LogP contribution in [0.3, 0.4) is 0 Å². The molecule has 1 N–H and O–H groups in total. The number of nitrogens with zero attached hydrogens (tertiary/aromatic N) is 4. The van der Waals surface area contributed by atoms with Crippen LogP contribution in [0.5, 0.6) is 0 Å². The van der Waals surface area contributed by atoms with E-state index in [-0.39, 0.29) is 5.91 Å². The number of carbonyl (C=O) groups is 1. The van der Waals surface area contributed by atoms with Gasteiger partial charge in [-0.25, -0.2) is 14.6 Å². The number of nitrogens with one attached hydrogen (secondary N) is 1. The minimum Gasteiger partial charge on any atom is -0.352 e. The third-order valence-corrected chi connectivity index (χ3v) is 5.07. The van der Waals surface area contributed by atoms with Gasteiger partial charge < -0.3 is 5.32 Å². The Labute approximate surface area is 154 Å². The summed E-state index contributed by atoms with van der Waals surface area (Å²) in [7, 11) is 0. The van der Waals surface area contributed by atoms with E-state index in [1.165, 1.54) is 0 Å². The highest BCUT2D eigenvalue weighted by atomic mass is 32.1. The van der Waals surface area contributed by atoms with Gasteiger partial charge in [-0.3, -0.25) is 4.79 Å². The lowest BCUT2D eigenvalue weighted by atomic mass is 10.2. The van der Waals surface area contributed by atoms with Crippen molar-refractivity contribution < 1.29 is 4.79 Å². The Bertz CT molecular complexity index is 992. The van der Waals surface area contributed by atoms with Crippen LogP contribution in [-0.2, 0) is 17.8 Å². The van der Waals surface area contributed by atoms with E-state index in [4.69, 9.17) is 0 Å². The smallest absolute Gasteiger partial charge is 0.220 e. The Hall–Kier alpha value is -3.06. The van der Waals surface area contributed by atoms with Crippen LogP contribution in [-0.4, -0.2) is 25.7 Å². The predicted molar refractivity (Wildman–Crippen MR) is 101 cm³/mol. The standard InChI is InChI=1S/C19H17N5OS/c25-17(8-9-18-23-15-6-1-2-7-16(15)26-18)21-13-14-5-3-10-20-19(14)24-12-4-11-22-24/h1-7,10-12H,8-9,13H2,(H,21,25). The van der Waals surface area contributed by atoms with Gasteiger partial charge in [-0.1, -0.05) is 18.2 Å². The molecule has 0 radical (unpaired) electrons. The van der Waals surface area contributed by atoms with Crippen molar-refractivity contribution in [3.63, 3.8) is 0 Å². The first-order valence-corrected chi connectivity index (χ1v) is 9.16. The molecule has 26 heavy (non-hydrogen) atoms. The van der Waals surface area contributed by atoms with Crippen molar-refractivity contribution in [1.82, 2.24) is 25.1 Å². The second-order valence-corrected chi connectivity index (χ2v) is 6.90. The van der Waals surface area contributed by atoms with Crippen molar-refractivity contribution in [3.05, 3.63) is 71.6 Å². The van der Waals surface area contributed by atoms with Gasteiger partial charge in [-0.15, -0.1) is 11.3 Å². The average Bonchev–Trinajstić information content (AvgIpc) is 3.34. The highest BCUT2D eigenvalue weighted by Gasteiger charge is 2.09. The third-order valence-electron chi connectivity index (χ3n) is 3.97. The fraction of sp³-hybridized carbons (Fsp3) is 0.158. The number of amides is 1. The Kier molecular flexibility index (Phi) is 4.70. The summed E-state index contributed by atoms with van der Waals surface area (Å²) in [5, 5.41) is 8.15. The fourth-order valence-electron chi connectivity index (χ4n) is 2.70. The Morgan fingerprint density at radius 1 is 1.12 bits per heavy atom. The third kappa shape index (κ3) is 3.62. The number of hydrogen-bond acceptors (Lipinski definition) is 5. The molecule has 0 bridgehead atoms. The van der Waals surface area contributed by atoms with Crippen molar-refractivity contribution in [2.24, 2.45) is 0 Å². The highest BCUT2D eigenvalue weighted by Crippen LogP contribution is 2.22. The van der Waals surface area contributed by atoms with Crippen LogP contribution in [0.25, 0.3) is 16.0 Å². The number of fused-ring (bicyclic) bond motifs is 1. The monoisotopic (exact) mass is 363 g/mol. The largest absolute Gasteiger partial charge is 0.352 e. The molecule has 3 heterocycles. The van der Waals surface area contributed by atoms with E-state index in [1.807, 2.05) is 42.6 Å². The number of para-hydroxylation sites is 1. The maximum atomic E-state index is 12.2. The van der Waals surface area contributed by atoms with Crippen LogP contribution in [0.15, 0.2) is 61.1 Å². The normalized spacial score (nSPS) is 10.9. The van der Waals surface area contributed by atoms with Crippen molar-refractivity contribution in [1.29, 1.82) is 0 Å². The summed E-state index contributed by atoms with van der Waals surface area (Å²) in [6.45, 7) is 0.418. The zero-order chi connectivity index (χ0) is 17.8.